The third-order valence-corrected chi connectivity index (χ3v) is 4.28. The molecule has 0 saturated carbocycles. The molecule has 0 fully saturated rings. The zero-order chi connectivity index (χ0) is 16.8. The number of rotatable bonds is 7. The highest BCUT2D eigenvalue weighted by Gasteiger charge is 2.10. The normalized spacial score (nSPS) is 10.7. The molecule has 0 aliphatic rings. The lowest BCUT2D eigenvalue weighted by Crippen LogP contribution is -2.21. The number of nitrogens with zero attached hydrogens (tertiary/aromatic N) is 2. The standard InChI is InChI=1S/C16H15N3O4S/c20-14(18-13-8-9-23-19-13)10-22-16(21)7-3-6-15-17-11-4-1-2-5-12(11)24-15/h1-2,4-5,8-9H,3,6-7,10H2,(H,18,19,20). The molecule has 124 valence electrons. The van der Waals surface area contributed by atoms with Gasteiger partial charge in [0.1, 0.15) is 6.26 Å². The summed E-state index contributed by atoms with van der Waals surface area (Å²) in [6.07, 6.45) is 2.92. The lowest BCUT2D eigenvalue weighted by molar-refractivity contribution is -0.147. The number of anilines is 1. The van der Waals surface area contributed by atoms with Gasteiger partial charge in [0, 0.05) is 12.5 Å². The highest BCUT2D eigenvalue weighted by atomic mass is 32.1. The Bertz CT molecular complexity index is 796. The van der Waals surface area contributed by atoms with Gasteiger partial charge in [-0.05, 0) is 25.0 Å². The average Bonchev–Trinajstić information content (AvgIpc) is 3.21. The summed E-state index contributed by atoms with van der Waals surface area (Å²) in [7, 11) is 0. The smallest absolute Gasteiger partial charge is 0.306 e. The molecule has 0 spiro atoms. The number of carbonyl (C=O) groups excluding carboxylic acids is 2. The van der Waals surface area contributed by atoms with Crippen molar-refractivity contribution in [3.8, 4) is 0 Å². The SMILES string of the molecule is O=C(COC(=O)CCCc1nc2ccccc2s1)Nc1ccon1. The second kappa shape index (κ2) is 7.69. The van der Waals surface area contributed by atoms with E-state index >= 15 is 0 Å². The molecule has 1 N–H and O–H groups in total. The Morgan fingerprint density at radius 1 is 1.25 bits per heavy atom. The van der Waals surface area contributed by atoms with Crippen LogP contribution in [0.15, 0.2) is 41.1 Å². The monoisotopic (exact) mass is 345 g/mol. The molecule has 7 nitrogen and oxygen atoms in total. The third-order valence-electron chi connectivity index (χ3n) is 3.18. The Morgan fingerprint density at radius 3 is 2.92 bits per heavy atom. The molecule has 0 atom stereocenters. The summed E-state index contributed by atoms with van der Waals surface area (Å²) >= 11 is 1.63. The molecular weight excluding hydrogens is 330 g/mol. The van der Waals surface area contributed by atoms with E-state index in [1.807, 2.05) is 24.3 Å². The first-order valence-electron chi connectivity index (χ1n) is 7.41. The van der Waals surface area contributed by atoms with Crippen LogP contribution in [0.2, 0.25) is 0 Å². The fraction of sp³-hybridized carbons (Fsp3) is 0.250. The number of aryl methyl sites for hydroxylation is 1. The zero-order valence-corrected chi connectivity index (χ0v) is 13.5. The number of hydrogen-bond acceptors (Lipinski definition) is 7. The second-order valence-electron chi connectivity index (χ2n) is 5.02. The maximum atomic E-state index is 11.7. The summed E-state index contributed by atoms with van der Waals surface area (Å²) in [5.41, 5.74) is 0.976. The molecule has 3 aromatic rings. The molecule has 0 aliphatic carbocycles. The van der Waals surface area contributed by atoms with Crippen LogP contribution in [-0.2, 0) is 20.7 Å². The molecule has 0 aliphatic heterocycles. The van der Waals surface area contributed by atoms with E-state index in [0.717, 1.165) is 15.2 Å². The minimum Gasteiger partial charge on any atom is -0.456 e. The number of benzene rings is 1. The zero-order valence-electron chi connectivity index (χ0n) is 12.7. The minimum absolute atomic E-state index is 0.243. The Morgan fingerprint density at radius 2 is 2.12 bits per heavy atom. The van der Waals surface area contributed by atoms with Gasteiger partial charge >= 0.3 is 5.97 Å². The molecule has 0 radical (unpaired) electrons. The van der Waals surface area contributed by atoms with Crippen molar-refractivity contribution in [3.05, 3.63) is 41.6 Å². The predicted octanol–water partition coefficient (Wildman–Crippen LogP) is 2.79. The van der Waals surface area contributed by atoms with Crippen LogP contribution in [0.3, 0.4) is 0 Å². The van der Waals surface area contributed by atoms with Crippen molar-refractivity contribution >= 4 is 39.2 Å². The molecule has 0 bridgehead atoms. The number of para-hydroxylation sites is 1. The Balaban J connectivity index is 1.37. The fourth-order valence-corrected chi connectivity index (χ4v) is 3.09. The van der Waals surface area contributed by atoms with Crippen molar-refractivity contribution in [2.45, 2.75) is 19.3 Å². The van der Waals surface area contributed by atoms with Crippen LogP contribution in [0.1, 0.15) is 17.8 Å². The van der Waals surface area contributed by atoms with Gasteiger partial charge in [0.2, 0.25) is 0 Å². The number of fused-ring (bicyclic) bond motifs is 1. The number of aromatic nitrogens is 2. The van der Waals surface area contributed by atoms with Gasteiger partial charge in [-0.25, -0.2) is 4.98 Å². The first-order valence-corrected chi connectivity index (χ1v) is 8.22. The molecule has 0 saturated heterocycles. The van der Waals surface area contributed by atoms with Gasteiger partial charge in [0.15, 0.2) is 12.4 Å². The van der Waals surface area contributed by atoms with Gasteiger partial charge in [-0.2, -0.15) is 0 Å². The van der Waals surface area contributed by atoms with Gasteiger partial charge < -0.3 is 14.6 Å². The van der Waals surface area contributed by atoms with Gasteiger partial charge in [-0.3, -0.25) is 9.59 Å². The lowest BCUT2D eigenvalue weighted by atomic mass is 10.2. The molecule has 0 unspecified atom stereocenters. The predicted molar refractivity (Wildman–Crippen MR) is 88.6 cm³/mol. The molecule has 8 heteroatoms. The highest BCUT2D eigenvalue weighted by Crippen LogP contribution is 2.22. The lowest BCUT2D eigenvalue weighted by Gasteiger charge is -2.04. The first kappa shape index (κ1) is 16.1. The van der Waals surface area contributed by atoms with Crippen molar-refractivity contribution in [3.63, 3.8) is 0 Å². The Kier molecular flexibility index (Phi) is 5.17. The third kappa shape index (κ3) is 4.39. The number of ether oxygens (including phenoxy) is 1. The van der Waals surface area contributed by atoms with Crippen molar-refractivity contribution in [2.75, 3.05) is 11.9 Å². The number of thiazole rings is 1. The maximum Gasteiger partial charge on any atom is 0.306 e. The molecule has 1 aromatic carbocycles. The van der Waals surface area contributed by atoms with E-state index in [1.165, 1.54) is 12.3 Å². The molecular formula is C16H15N3O4S. The van der Waals surface area contributed by atoms with Gasteiger partial charge in [0.25, 0.3) is 5.91 Å². The van der Waals surface area contributed by atoms with E-state index in [0.29, 0.717) is 12.8 Å². The van der Waals surface area contributed by atoms with E-state index in [2.05, 4.69) is 20.0 Å². The minimum atomic E-state index is -0.455. The summed E-state index contributed by atoms with van der Waals surface area (Å²) in [6, 6.07) is 9.42. The Labute approximate surface area is 141 Å². The topological polar surface area (TPSA) is 94.3 Å². The average molecular weight is 345 g/mol. The van der Waals surface area contributed by atoms with Gasteiger partial charge in [-0.15, -0.1) is 11.3 Å². The highest BCUT2D eigenvalue weighted by molar-refractivity contribution is 7.18. The molecule has 2 heterocycles. The number of carbonyl (C=O) groups is 2. The first-order chi connectivity index (χ1) is 11.7. The quantitative estimate of drug-likeness (QED) is 0.662. The van der Waals surface area contributed by atoms with E-state index in [4.69, 9.17) is 4.74 Å². The molecule has 24 heavy (non-hydrogen) atoms. The van der Waals surface area contributed by atoms with Crippen molar-refractivity contribution in [1.82, 2.24) is 10.1 Å². The van der Waals surface area contributed by atoms with Crippen molar-refractivity contribution in [1.29, 1.82) is 0 Å². The molecule has 2 aromatic heterocycles. The number of esters is 1. The molecule has 3 rings (SSSR count). The van der Waals surface area contributed by atoms with E-state index in [9.17, 15) is 9.59 Å². The van der Waals surface area contributed by atoms with Crippen LogP contribution in [0.25, 0.3) is 10.2 Å². The van der Waals surface area contributed by atoms with Crippen LogP contribution in [0.4, 0.5) is 5.82 Å². The van der Waals surface area contributed by atoms with Crippen molar-refractivity contribution < 1.29 is 18.8 Å². The second-order valence-corrected chi connectivity index (χ2v) is 6.14. The molecule has 1 amide bonds. The summed E-state index contributed by atoms with van der Waals surface area (Å²) < 4.78 is 10.6. The number of amides is 1. The van der Waals surface area contributed by atoms with E-state index in [1.54, 1.807) is 11.3 Å². The fourth-order valence-electron chi connectivity index (χ4n) is 2.08. The number of hydrogen-bond donors (Lipinski definition) is 1. The van der Waals surface area contributed by atoms with Crippen LogP contribution in [-0.4, -0.2) is 28.6 Å². The van der Waals surface area contributed by atoms with Gasteiger partial charge in [0.05, 0.1) is 15.2 Å². The summed E-state index contributed by atoms with van der Waals surface area (Å²) in [5.74, 6) is -0.582. The van der Waals surface area contributed by atoms with Gasteiger partial charge in [-0.1, -0.05) is 17.3 Å². The summed E-state index contributed by atoms with van der Waals surface area (Å²) in [6.45, 7) is -0.340. The van der Waals surface area contributed by atoms with Crippen LogP contribution in [0, 0.1) is 0 Å². The van der Waals surface area contributed by atoms with Crippen LogP contribution < -0.4 is 5.32 Å². The Hall–Kier alpha value is -2.74. The number of nitrogens with one attached hydrogen (secondary N) is 1. The summed E-state index contributed by atoms with van der Waals surface area (Å²) in [5, 5.41) is 6.97. The van der Waals surface area contributed by atoms with Crippen molar-refractivity contribution in [2.24, 2.45) is 0 Å². The van der Waals surface area contributed by atoms with E-state index < -0.39 is 11.9 Å². The maximum absolute atomic E-state index is 11.7. The van der Waals surface area contributed by atoms with Crippen LogP contribution >= 0.6 is 11.3 Å². The largest absolute Gasteiger partial charge is 0.456 e. The summed E-state index contributed by atoms with van der Waals surface area (Å²) in [4.78, 5) is 27.7. The van der Waals surface area contributed by atoms with E-state index in [-0.39, 0.29) is 18.8 Å². The van der Waals surface area contributed by atoms with Crippen LogP contribution in [0.5, 0.6) is 0 Å².